The summed E-state index contributed by atoms with van der Waals surface area (Å²) in [5.74, 6) is -1.01. The monoisotopic (exact) mass is 375 g/mol. The number of ether oxygens (including phenoxy) is 5. The molecular weight excluding hydrogens is 346 g/mol. The van der Waals surface area contributed by atoms with Gasteiger partial charge in [0.25, 0.3) is 0 Å². The number of carbonyl (C=O) groups is 3. The van der Waals surface area contributed by atoms with Gasteiger partial charge in [-0.25, -0.2) is 9.59 Å². The van der Waals surface area contributed by atoms with Gasteiger partial charge in [-0.05, 0) is 27.7 Å². The average molecular weight is 375 g/mol. The SMILES string of the molecule is COC(=O)CCO[C@@H]1CCOC[C@H](NC(=O)OC(C)(C)C)C(=O)O[C@H]1C. The highest BCUT2D eigenvalue weighted by molar-refractivity contribution is 5.81. The first-order chi connectivity index (χ1) is 12.1. The van der Waals surface area contributed by atoms with Crippen LogP contribution in [0.2, 0.25) is 0 Å². The summed E-state index contributed by atoms with van der Waals surface area (Å²) in [4.78, 5) is 35.3. The van der Waals surface area contributed by atoms with Crippen LogP contribution in [0.5, 0.6) is 0 Å². The second-order valence-corrected chi connectivity index (χ2v) is 6.94. The van der Waals surface area contributed by atoms with Crippen LogP contribution in [0.1, 0.15) is 40.5 Å². The number of carbonyl (C=O) groups excluding carboxylic acids is 3. The van der Waals surface area contributed by atoms with Crippen LogP contribution in [0.3, 0.4) is 0 Å². The van der Waals surface area contributed by atoms with E-state index in [0.29, 0.717) is 13.0 Å². The maximum absolute atomic E-state index is 12.3. The molecule has 1 heterocycles. The fourth-order valence-corrected chi connectivity index (χ4v) is 2.21. The quantitative estimate of drug-likeness (QED) is 0.563. The van der Waals surface area contributed by atoms with Crippen molar-refractivity contribution in [3.8, 4) is 0 Å². The van der Waals surface area contributed by atoms with Gasteiger partial charge in [0, 0.05) is 13.0 Å². The van der Waals surface area contributed by atoms with E-state index in [0.717, 1.165) is 0 Å². The third-order valence-corrected chi connectivity index (χ3v) is 3.50. The molecule has 9 nitrogen and oxygen atoms in total. The van der Waals surface area contributed by atoms with E-state index in [4.69, 9.17) is 18.9 Å². The molecule has 150 valence electrons. The Morgan fingerprint density at radius 2 is 2.00 bits per heavy atom. The Balaban J connectivity index is 2.59. The molecule has 0 bridgehead atoms. The van der Waals surface area contributed by atoms with Crippen molar-refractivity contribution in [2.75, 3.05) is 26.9 Å². The lowest BCUT2D eigenvalue weighted by Crippen LogP contribution is -2.47. The second kappa shape index (κ2) is 10.3. The predicted molar refractivity (Wildman–Crippen MR) is 90.5 cm³/mol. The molecule has 0 aliphatic carbocycles. The van der Waals surface area contributed by atoms with Crippen LogP contribution >= 0.6 is 0 Å². The predicted octanol–water partition coefficient (Wildman–Crippen LogP) is 1.18. The normalized spacial score (nSPS) is 24.5. The lowest BCUT2D eigenvalue weighted by atomic mass is 10.1. The van der Waals surface area contributed by atoms with Crippen LogP contribution in [0.15, 0.2) is 0 Å². The van der Waals surface area contributed by atoms with E-state index in [-0.39, 0.29) is 25.6 Å². The third kappa shape index (κ3) is 8.48. The fraction of sp³-hybridized carbons (Fsp3) is 0.824. The molecular formula is C17H29NO8. The summed E-state index contributed by atoms with van der Waals surface area (Å²) < 4.78 is 26.2. The largest absolute Gasteiger partial charge is 0.469 e. The van der Waals surface area contributed by atoms with Crippen molar-refractivity contribution < 1.29 is 38.1 Å². The van der Waals surface area contributed by atoms with E-state index in [1.807, 2.05) is 0 Å². The number of amides is 1. The van der Waals surface area contributed by atoms with Crippen LogP contribution in [0.4, 0.5) is 4.79 Å². The molecule has 26 heavy (non-hydrogen) atoms. The van der Waals surface area contributed by atoms with Crippen molar-refractivity contribution in [3.05, 3.63) is 0 Å². The maximum Gasteiger partial charge on any atom is 0.408 e. The molecule has 0 spiro atoms. The van der Waals surface area contributed by atoms with E-state index >= 15 is 0 Å². The number of methoxy groups -OCH3 is 1. The minimum absolute atomic E-state index is 0.0281. The van der Waals surface area contributed by atoms with Gasteiger partial charge in [0.05, 0.1) is 32.8 Å². The van der Waals surface area contributed by atoms with E-state index in [1.54, 1.807) is 27.7 Å². The third-order valence-electron chi connectivity index (χ3n) is 3.50. The molecule has 0 aromatic carbocycles. The summed E-state index contributed by atoms with van der Waals surface area (Å²) in [6, 6.07) is -0.971. The van der Waals surface area contributed by atoms with Crippen LogP contribution in [0.25, 0.3) is 0 Å². The molecule has 1 fully saturated rings. The number of hydrogen-bond donors (Lipinski definition) is 1. The van der Waals surface area contributed by atoms with Crippen LogP contribution < -0.4 is 5.32 Å². The molecule has 1 aliphatic heterocycles. The molecule has 9 heteroatoms. The van der Waals surface area contributed by atoms with Gasteiger partial charge < -0.3 is 29.0 Å². The Morgan fingerprint density at radius 3 is 2.62 bits per heavy atom. The van der Waals surface area contributed by atoms with E-state index in [1.165, 1.54) is 7.11 Å². The highest BCUT2D eigenvalue weighted by atomic mass is 16.6. The summed E-state index contributed by atoms with van der Waals surface area (Å²) in [5, 5.41) is 2.46. The summed E-state index contributed by atoms with van der Waals surface area (Å²) in [6.45, 7) is 7.31. The lowest BCUT2D eigenvalue weighted by molar-refractivity contribution is -0.159. The smallest absolute Gasteiger partial charge is 0.408 e. The molecule has 1 saturated heterocycles. The van der Waals surface area contributed by atoms with Crippen molar-refractivity contribution in [2.24, 2.45) is 0 Å². The molecule has 0 saturated carbocycles. The number of hydrogen-bond acceptors (Lipinski definition) is 8. The highest BCUT2D eigenvalue weighted by Gasteiger charge is 2.31. The second-order valence-electron chi connectivity index (χ2n) is 6.94. The zero-order valence-corrected chi connectivity index (χ0v) is 16.0. The molecule has 1 N–H and O–H groups in total. The van der Waals surface area contributed by atoms with Gasteiger partial charge in [-0.3, -0.25) is 4.79 Å². The van der Waals surface area contributed by atoms with Crippen LogP contribution in [0, 0.1) is 0 Å². The molecule has 0 aromatic rings. The van der Waals surface area contributed by atoms with Crippen molar-refractivity contribution in [1.82, 2.24) is 5.32 Å². The number of cyclic esters (lactones) is 1. The Bertz CT molecular complexity index is 488. The first-order valence-electron chi connectivity index (χ1n) is 8.58. The van der Waals surface area contributed by atoms with E-state index < -0.39 is 35.9 Å². The van der Waals surface area contributed by atoms with Crippen LogP contribution in [-0.4, -0.2) is 68.8 Å². The van der Waals surface area contributed by atoms with Crippen molar-refractivity contribution in [3.63, 3.8) is 0 Å². The molecule has 0 aromatic heterocycles. The Labute approximate surface area is 153 Å². The molecule has 3 atom stereocenters. The summed E-state index contributed by atoms with van der Waals surface area (Å²) in [6.07, 6.45) is -1.12. The van der Waals surface area contributed by atoms with Gasteiger partial charge in [0.1, 0.15) is 11.7 Å². The van der Waals surface area contributed by atoms with Gasteiger partial charge in [-0.15, -0.1) is 0 Å². The Hall–Kier alpha value is -1.87. The maximum atomic E-state index is 12.3. The number of esters is 2. The highest BCUT2D eigenvalue weighted by Crippen LogP contribution is 2.14. The molecule has 1 aliphatic rings. The lowest BCUT2D eigenvalue weighted by Gasteiger charge is -2.25. The summed E-state index contributed by atoms with van der Waals surface area (Å²) in [5.41, 5.74) is -0.681. The van der Waals surface area contributed by atoms with Gasteiger partial charge in [-0.1, -0.05) is 0 Å². The van der Waals surface area contributed by atoms with Gasteiger partial charge in [-0.2, -0.15) is 0 Å². The fourth-order valence-electron chi connectivity index (χ4n) is 2.21. The summed E-state index contributed by atoms with van der Waals surface area (Å²) in [7, 11) is 1.30. The molecule has 0 unspecified atom stereocenters. The number of rotatable bonds is 5. The average Bonchev–Trinajstić information content (AvgIpc) is 2.58. The minimum Gasteiger partial charge on any atom is -0.469 e. The van der Waals surface area contributed by atoms with Crippen molar-refractivity contribution in [2.45, 2.75) is 64.4 Å². The Kier molecular flexibility index (Phi) is 8.80. The minimum atomic E-state index is -0.971. The van der Waals surface area contributed by atoms with Gasteiger partial charge in [0.2, 0.25) is 0 Å². The zero-order chi connectivity index (χ0) is 19.7. The summed E-state index contributed by atoms with van der Waals surface area (Å²) >= 11 is 0. The van der Waals surface area contributed by atoms with Crippen molar-refractivity contribution >= 4 is 18.0 Å². The Morgan fingerprint density at radius 1 is 1.31 bits per heavy atom. The first-order valence-corrected chi connectivity index (χ1v) is 8.58. The van der Waals surface area contributed by atoms with Crippen molar-refractivity contribution in [1.29, 1.82) is 0 Å². The first kappa shape index (κ1) is 22.2. The number of alkyl carbamates (subject to hydrolysis) is 1. The van der Waals surface area contributed by atoms with Gasteiger partial charge >= 0.3 is 18.0 Å². The van der Waals surface area contributed by atoms with E-state index in [9.17, 15) is 14.4 Å². The van der Waals surface area contributed by atoms with Gasteiger partial charge in [0.15, 0.2) is 6.04 Å². The standard InChI is InChI=1S/C17H29NO8/c1-11-13(24-9-7-14(19)22-5)6-8-23-10-12(15(20)25-11)18-16(21)26-17(2,3)4/h11-13H,6-10H2,1-5H3,(H,18,21)/t11-,12-,13+/m0/s1. The molecule has 1 rings (SSSR count). The molecule has 0 radical (unpaired) electrons. The number of nitrogens with one attached hydrogen (secondary N) is 1. The van der Waals surface area contributed by atoms with E-state index in [2.05, 4.69) is 10.1 Å². The van der Waals surface area contributed by atoms with Crippen LogP contribution in [-0.2, 0) is 33.3 Å². The topological polar surface area (TPSA) is 109 Å². The zero-order valence-electron chi connectivity index (χ0n) is 16.0. The molecule has 1 amide bonds.